The molecule has 2 N–H and O–H groups in total. The highest BCUT2D eigenvalue weighted by molar-refractivity contribution is 5.76. The molecular weight excluding hydrogens is 250 g/mol. The van der Waals surface area contributed by atoms with E-state index in [-0.39, 0.29) is 11.9 Å². The number of nitrogens with one attached hydrogen (secondary N) is 1. The summed E-state index contributed by atoms with van der Waals surface area (Å²) in [5.74, 6) is 0.0576. The first-order valence-corrected chi connectivity index (χ1v) is 7.77. The van der Waals surface area contributed by atoms with Gasteiger partial charge in [-0.15, -0.1) is 0 Å². The lowest BCUT2D eigenvalue weighted by Gasteiger charge is -2.18. The Morgan fingerprint density at radius 1 is 1.25 bits per heavy atom. The third kappa shape index (κ3) is 3.83. The molecule has 1 aliphatic carbocycles. The molecule has 1 amide bonds. The highest BCUT2D eigenvalue weighted by Gasteiger charge is 2.31. The maximum Gasteiger partial charge on any atom is 0.220 e. The maximum absolute atomic E-state index is 12.0. The summed E-state index contributed by atoms with van der Waals surface area (Å²) in [5, 5.41) is 13.1. The normalized spacial score (nSPS) is 20.7. The predicted octanol–water partition coefficient (Wildman–Crippen LogP) is 3.12. The van der Waals surface area contributed by atoms with Gasteiger partial charge < -0.3 is 10.4 Å². The Kier molecular flexibility index (Phi) is 5.60. The van der Waals surface area contributed by atoms with Crippen LogP contribution in [0.4, 0.5) is 0 Å². The van der Waals surface area contributed by atoms with Crippen molar-refractivity contribution < 1.29 is 9.90 Å². The van der Waals surface area contributed by atoms with Crippen LogP contribution in [-0.2, 0) is 11.2 Å². The van der Waals surface area contributed by atoms with Gasteiger partial charge in [0.05, 0.1) is 12.1 Å². The average Bonchev–Trinajstić information content (AvgIpc) is 2.75. The molecule has 0 spiro atoms. The Morgan fingerprint density at radius 2 is 2.00 bits per heavy atom. The molecule has 2 atom stereocenters. The topological polar surface area (TPSA) is 49.3 Å². The molecule has 110 valence electrons. The minimum absolute atomic E-state index is 0.0576. The van der Waals surface area contributed by atoms with Gasteiger partial charge in [-0.2, -0.15) is 0 Å². The Balaban J connectivity index is 1.80. The SMILES string of the molecule is CCCCCCCC(=O)N[C@H]1c2ccccc2C[C@H]1O. The van der Waals surface area contributed by atoms with Crippen molar-refractivity contribution in [2.24, 2.45) is 0 Å². The number of aliphatic hydroxyl groups is 1. The number of hydrogen-bond acceptors (Lipinski definition) is 2. The van der Waals surface area contributed by atoms with E-state index in [0.29, 0.717) is 12.8 Å². The highest BCUT2D eigenvalue weighted by Crippen LogP contribution is 2.31. The lowest BCUT2D eigenvalue weighted by atomic mass is 10.1. The van der Waals surface area contributed by atoms with Crippen LogP contribution in [0.25, 0.3) is 0 Å². The lowest BCUT2D eigenvalue weighted by Crippen LogP contribution is -2.33. The molecule has 20 heavy (non-hydrogen) atoms. The van der Waals surface area contributed by atoms with E-state index in [2.05, 4.69) is 12.2 Å². The first-order valence-electron chi connectivity index (χ1n) is 7.77. The summed E-state index contributed by atoms with van der Waals surface area (Å²) in [5.41, 5.74) is 2.22. The molecule has 0 radical (unpaired) electrons. The number of hydrogen-bond donors (Lipinski definition) is 2. The van der Waals surface area contributed by atoms with Gasteiger partial charge in [0, 0.05) is 12.8 Å². The minimum atomic E-state index is -0.489. The molecule has 0 unspecified atom stereocenters. The van der Waals surface area contributed by atoms with Crippen molar-refractivity contribution in [3.63, 3.8) is 0 Å². The molecule has 0 saturated heterocycles. The third-order valence-corrected chi connectivity index (χ3v) is 4.03. The predicted molar refractivity (Wildman–Crippen MR) is 80.4 cm³/mol. The first kappa shape index (κ1) is 15.0. The van der Waals surface area contributed by atoms with Gasteiger partial charge in [0.25, 0.3) is 0 Å². The monoisotopic (exact) mass is 275 g/mol. The van der Waals surface area contributed by atoms with Gasteiger partial charge >= 0.3 is 0 Å². The number of rotatable bonds is 7. The quantitative estimate of drug-likeness (QED) is 0.751. The van der Waals surface area contributed by atoms with Crippen molar-refractivity contribution in [3.8, 4) is 0 Å². The van der Waals surface area contributed by atoms with Gasteiger partial charge in [-0.25, -0.2) is 0 Å². The van der Waals surface area contributed by atoms with E-state index in [1.807, 2.05) is 24.3 Å². The molecule has 3 heteroatoms. The number of benzene rings is 1. The fraction of sp³-hybridized carbons (Fsp3) is 0.588. The first-order chi connectivity index (χ1) is 9.72. The highest BCUT2D eigenvalue weighted by atomic mass is 16.3. The van der Waals surface area contributed by atoms with Crippen LogP contribution in [-0.4, -0.2) is 17.1 Å². The van der Waals surface area contributed by atoms with Crippen molar-refractivity contribution in [2.75, 3.05) is 0 Å². The van der Waals surface area contributed by atoms with Gasteiger partial charge in [0.15, 0.2) is 0 Å². The summed E-state index contributed by atoms with van der Waals surface area (Å²) >= 11 is 0. The van der Waals surface area contributed by atoms with Crippen LogP contribution in [0.15, 0.2) is 24.3 Å². The van der Waals surface area contributed by atoms with Gasteiger partial charge in [0.2, 0.25) is 5.91 Å². The second-order valence-corrected chi connectivity index (χ2v) is 5.68. The summed E-state index contributed by atoms with van der Waals surface area (Å²) < 4.78 is 0. The van der Waals surface area contributed by atoms with Crippen molar-refractivity contribution in [2.45, 2.75) is 64.0 Å². The smallest absolute Gasteiger partial charge is 0.220 e. The zero-order valence-corrected chi connectivity index (χ0v) is 12.3. The summed E-state index contributed by atoms with van der Waals surface area (Å²) in [4.78, 5) is 12.0. The fourth-order valence-electron chi connectivity index (χ4n) is 2.88. The number of amides is 1. The fourth-order valence-corrected chi connectivity index (χ4v) is 2.88. The van der Waals surface area contributed by atoms with Gasteiger partial charge in [0.1, 0.15) is 0 Å². The summed E-state index contributed by atoms with van der Waals surface area (Å²) in [6, 6.07) is 7.73. The molecule has 1 aliphatic rings. The molecule has 2 rings (SSSR count). The molecule has 0 aliphatic heterocycles. The minimum Gasteiger partial charge on any atom is -0.390 e. The molecular formula is C17H25NO2. The van der Waals surface area contributed by atoms with E-state index >= 15 is 0 Å². The standard InChI is InChI=1S/C17H25NO2/c1-2-3-4-5-6-11-16(20)18-17-14-10-8-7-9-13(14)12-15(17)19/h7-10,15,17,19H,2-6,11-12H2,1H3,(H,18,20)/t15-,17+/m1/s1. The van der Waals surface area contributed by atoms with Crippen molar-refractivity contribution in [1.29, 1.82) is 0 Å². The van der Waals surface area contributed by atoms with Crippen LogP contribution in [0.3, 0.4) is 0 Å². The van der Waals surface area contributed by atoms with E-state index in [9.17, 15) is 9.90 Å². The second kappa shape index (κ2) is 7.44. The molecule has 0 saturated carbocycles. The van der Waals surface area contributed by atoms with E-state index in [4.69, 9.17) is 0 Å². The van der Waals surface area contributed by atoms with Crippen LogP contribution < -0.4 is 5.32 Å². The number of carbonyl (C=O) groups excluding carboxylic acids is 1. The van der Waals surface area contributed by atoms with E-state index < -0.39 is 6.10 Å². The molecule has 0 aromatic heterocycles. The zero-order chi connectivity index (χ0) is 14.4. The Morgan fingerprint density at radius 3 is 2.80 bits per heavy atom. The molecule has 0 bridgehead atoms. The van der Waals surface area contributed by atoms with Crippen molar-refractivity contribution >= 4 is 5.91 Å². The van der Waals surface area contributed by atoms with Crippen molar-refractivity contribution in [1.82, 2.24) is 5.32 Å². The Bertz CT molecular complexity index is 444. The van der Waals surface area contributed by atoms with Crippen LogP contribution in [0.1, 0.15) is 62.6 Å². The molecule has 1 aromatic rings. The van der Waals surface area contributed by atoms with E-state index in [1.54, 1.807) is 0 Å². The van der Waals surface area contributed by atoms with Gasteiger partial charge in [-0.05, 0) is 17.5 Å². The number of carbonyl (C=O) groups is 1. The van der Waals surface area contributed by atoms with Gasteiger partial charge in [-0.1, -0.05) is 56.9 Å². The largest absolute Gasteiger partial charge is 0.390 e. The summed E-state index contributed by atoms with van der Waals surface area (Å²) in [7, 11) is 0. The Hall–Kier alpha value is -1.35. The van der Waals surface area contributed by atoms with Crippen LogP contribution in [0, 0.1) is 0 Å². The number of aliphatic hydroxyl groups excluding tert-OH is 1. The Labute approximate surface area is 121 Å². The van der Waals surface area contributed by atoms with E-state index in [0.717, 1.165) is 24.0 Å². The summed E-state index contributed by atoms with van der Waals surface area (Å²) in [6.07, 6.45) is 6.44. The molecule has 0 fully saturated rings. The van der Waals surface area contributed by atoms with E-state index in [1.165, 1.54) is 19.3 Å². The zero-order valence-electron chi connectivity index (χ0n) is 12.3. The van der Waals surface area contributed by atoms with Crippen LogP contribution >= 0.6 is 0 Å². The molecule has 0 heterocycles. The number of unbranched alkanes of at least 4 members (excludes halogenated alkanes) is 4. The van der Waals surface area contributed by atoms with Gasteiger partial charge in [-0.3, -0.25) is 4.79 Å². The lowest BCUT2D eigenvalue weighted by molar-refractivity contribution is -0.122. The van der Waals surface area contributed by atoms with Crippen LogP contribution in [0.2, 0.25) is 0 Å². The number of fused-ring (bicyclic) bond motifs is 1. The third-order valence-electron chi connectivity index (χ3n) is 4.03. The summed E-state index contributed by atoms with van der Waals surface area (Å²) in [6.45, 7) is 2.19. The molecule has 3 nitrogen and oxygen atoms in total. The average molecular weight is 275 g/mol. The maximum atomic E-state index is 12.0. The second-order valence-electron chi connectivity index (χ2n) is 5.68. The molecule has 1 aromatic carbocycles. The van der Waals surface area contributed by atoms with Crippen LogP contribution in [0.5, 0.6) is 0 Å². The van der Waals surface area contributed by atoms with Crippen molar-refractivity contribution in [3.05, 3.63) is 35.4 Å².